The van der Waals surface area contributed by atoms with Crippen LogP contribution in [-0.4, -0.2) is 85.3 Å². The van der Waals surface area contributed by atoms with Gasteiger partial charge in [0.2, 0.25) is 0 Å². The summed E-state index contributed by atoms with van der Waals surface area (Å²) in [6, 6.07) is 19.4. The largest absolute Gasteiger partial charge is 0.468 e. The van der Waals surface area contributed by atoms with Crippen LogP contribution in [0.1, 0.15) is 57.9 Å². The third-order valence-corrected chi connectivity index (χ3v) is 10.4. The molecular formula is C35H35F3N4O5S. The Labute approximate surface area is 276 Å². The molecule has 13 heteroatoms. The Kier molecular flexibility index (Phi) is 9.18. The van der Waals surface area contributed by atoms with Crippen molar-refractivity contribution in [2.24, 2.45) is 0 Å². The quantitative estimate of drug-likeness (QED) is 0.230. The number of nitrogens with zero attached hydrogens (tertiary/aromatic N) is 4. The number of alkyl halides is 2. The molecule has 48 heavy (non-hydrogen) atoms. The molecule has 3 aromatic carbocycles. The Morgan fingerprint density at radius 3 is 2.21 bits per heavy atom. The second kappa shape index (κ2) is 13.2. The van der Waals surface area contributed by atoms with Crippen LogP contribution in [0.4, 0.5) is 13.2 Å². The molecule has 0 radical (unpaired) electrons. The van der Waals surface area contributed by atoms with E-state index in [1.807, 2.05) is 4.90 Å². The first-order valence-electron chi connectivity index (χ1n) is 15.5. The van der Waals surface area contributed by atoms with Gasteiger partial charge >= 0.3 is 5.97 Å². The number of halogens is 3. The minimum absolute atomic E-state index is 0.130. The van der Waals surface area contributed by atoms with Gasteiger partial charge in [0.1, 0.15) is 11.9 Å². The van der Waals surface area contributed by atoms with Crippen LogP contribution in [0.25, 0.3) is 5.69 Å². The molecule has 6 rings (SSSR count). The Morgan fingerprint density at radius 1 is 0.958 bits per heavy atom. The topological polar surface area (TPSA) is 102 Å². The summed E-state index contributed by atoms with van der Waals surface area (Å²) in [4.78, 5) is 30.3. The number of likely N-dealkylation sites (tertiary alicyclic amines) is 2. The van der Waals surface area contributed by atoms with Crippen molar-refractivity contribution in [2.45, 2.75) is 41.5 Å². The number of methoxy groups -OCH3 is 1. The van der Waals surface area contributed by atoms with E-state index >= 15 is 8.78 Å². The van der Waals surface area contributed by atoms with Gasteiger partial charge in [0, 0.05) is 18.7 Å². The normalized spacial score (nSPS) is 19.3. The van der Waals surface area contributed by atoms with E-state index in [4.69, 9.17) is 4.74 Å². The number of hydrogen-bond donors (Lipinski definition) is 0. The molecule has 2 fully saturated rings. The molecule has 1 aromatic heterocycles. The molecule has 0 N–H and O–H groups in total. The molecule has 0 aliphatic carbocycles. The van der Waals surface area contributed by atoms with Crippen LogP contribution < -0.4 is 0 Å². The number of carbonyl (C=O) groups is 2. The summed E-state index contributed by atoms with van der Waals surface area (Å²) in [6.45, 7) is -0.0883. The van der Waals surface area contributed by atoms with Crippen molar-refractivity contribution >= 4 is 21.7 Å². The highest BCUT2D eigenvalue weighted by molar-refractivity contribution is 7.90. The van der Waals surface area contributed by atoms with Gasteiger partial charge in [-0.3, -0.25) is 9.69 Å². The molecule has 4 aromatic rings. The van der Waals surface area contributed by atoms with Gasteiger partial charge in [-0.15, -0.1) is 0 Å². The van der Waals surface area contributed by atoms with Crippen LogP contribution in [0.15, 0.2) is 90.0 Å². The van der Waals surface area contributed by atoms with E-state index in [1.165, 1.54) is 54.6 Å². The Balaban J connectivity index is 1.29. The predicted molar refractivity (Wildman–Crippen MR) is 171 cm³/mol. The van der Waals surface area contributed by atoms with Crippen molar-refractivity contribution in [3.05, 3.63) is 113 Å². The van der Waals surface area contributed by atoms with Crippen LogP contribution in [0, 0.1) is 5.82 Å². The van der Waals surface area contributed by atoms with E-state index in [2.05, 4.69) is 5.10 Å². The van der Waals surface area contributed by atoms with Gasteiger partial charge in [0.05, 0.1) is 47.6 Å². The number of sulfone groups is 1. The van der Waals surface area contributed by atoms with E-state index < -0.39 is 52.0 Å². The summed E-state index contributed by atoms with van der Waals surface area (Å²) in [5.74, 6) is -6.04. The molecule has 252 valence electrons. The lowest BCUT2D eigenvalue weighted by Gasteiger charge is -2.37. The van der Waals surface area contributed by atoms with E-state index in [-0.39, 0.29) is 22.9 Å². The molecule has 2 aliphatic heterocycles. The molecule has 2 aliphatic rings. The van der Waals surface area contributed by atoms with E-state index in [0.29, 0.717) is 48.4 Å². The van der Waals surface area contributed by atoms with Gasteiger partial charge in [-0.1, -0.05) is 42.5 Å². The van der Waals surface area contributed by atoms with E-state index in [9.17, 15) is 22.4 Å². The fraction of sp³-hybridized carbons (Fsp3) is 0.343. The standard InChI is InChI=1S/C35H35F3N4O5S/c1-47-34(44)32(24-8-14-28(15-9-24)48(2,45)46)40-18-16-25(17-19-40)31-29(20-39-42(31)27-12-10-26(36)11-13-27)33(43)41-21-30(35(37,38)22-41)23-6-4-3-5-7-23/h3-15,20,25,30,32H,16-19,21-22H2,1-2H3. The van der Waals surface area contributed by atoms with Crippen molar-refractivity contribution in [1.29, 1.82) is 0 Å². The number of hydrogen-bond acceptors (Lipinski definition) is 7. The van der Waals surface area contributed by atoms with Crippen LogP contribution >= 0.6 is 0 Å². The minimum atomic E-state index is -3.43. The monoisotopic (exact) mass is 680 g/mol. The lowest BCUT2D eigenvalue weighted by atomic mass is 9.89. The van der Waals surface area contributed by atoms with Crippen molar-refractivity contribution < 1.29 is 35.9 Å². The minimum Gasteiger partial charge on any atom is -0.468 e. The van der Waals surface area contributed by atoms with Gasteiger partial charge in [-0.05, 0) is 73.5 Å². The number of carbonyl (C=O) groups excluding carboxylic acids is 2. The first-order chi connectivity index (χ1) is 22.9. The predicted octanol–water partition coefficient (Wildman–Crippen LogP) is 5.38. The van der Waals surface area contributed by atoms with Crippen molar-refractivity contribution in [1.82, 2.24) is 19.6 Å². The number of amides is 1. The average Bonchev–Trinajstić information content (AvgIpc) is 3.66. The highest BCUT2D eigenvalue weighted by atomic mass is 32.2. The molecule has 1 amide bonds. The van der Waals surface area contributed by atoms with Crippen molar-refractivity contribution in [3.63, 3.8) is 0 Å². The second-order valence-corrected chi connectivity index (χ2v) is 14.3. The Morgan fingerprint density at radius 2 is 1.60 bits per heavy atom. The summed E-state index contributed by atoms with van der Waals surface area (Å²) in [5, 5.41) is 4.49. The smallest absolute Gasteiger partial charge is 0.327 e. The summed E-state index contributed by atoms with van der Waals surface area (Å²) in [7, 11) is -2.14. The lowest BCUT2D eigenvalue weighted by Crippen LogP contribution is -2.41. The zero-order valence-electron chi connectivity index (χ0n) is 26.4. The summed E-state index contributed by atoms with van der Waals surface area (Å²) in [5.41, 5.74) is 2.27. The highest BCUT2D eigenvalue weighted by Gasteiger charge is 2.51. The van der Waals surface area contributed by atoms with Crippen molar-refractivity contribution in [3.8, 4) is 5.69 Å². The third kappa shape index (κ3) is 6.61. The van der Waals surface area contributed by atoms with Gasteiger partial charge in [-0.2, -0.15) is 5.10 Å². The summed E-state index contributed by atoms with van der Waals surface area (Å²) < 4.78 is 75.1. The molecular weight excluding hydrogens is 645 g/mol. The fourth-order valence-electron chi connectivity index (χ4n) is 6.78. The van der Waals surface area contributed by atoms with Crippen LogP contribution in [0.3, 0.4) is 0 Å². The van der Waals surface area contributed by atoms with Gasteiger partial charge in [-0.25, -0.2) is 31.1 Å². The number of rotatable bonds is 8. The Bertz CT molecular complexity index is 1890. The zero-order chi connectivity index (χ0) is 34.2. The molecule has 2 atom stereocenters. The lowest BCUT2D eigenvalue weighted by molar-refractivity contribution is -0.147. The molecule has 0 spiro atoms. The molecule has 2 unspecified atom stereocenters. The van der Waals surface area contributed by atoms with E-state index in [1.54, 1.807) is 47.1 Å². The summed E-state index contributed by atoms with van der Waals surface area (Å²) in [6.07, 6.45) is 3.45. The van der Waals surface area contributed by atoms with Gasteiger partial charge < -0.3 is 9.64 Å². The van der Waals surface area contributed by atoms with Gasteiger partial charge in [0.15, 0.2) is 9.84 Å². The zero-order valence-corrected chi connectivity index (χ0v) is 27.2. The first kappa shape index (κ1) is 33.4. The number of ether oxygens (including phenoxy) is 1. The second-order valence-electron chi connectivity index (χ2n) is 12.3. The number of piperidine rings is 1. The average molecular weight is 681 g/mol. The number of benzene rings is 3. The molecule has 0 saturated carbocycles. The molecule has 0 bridgehead atoms. The van der Waals surface area contributed by atoms with Gasteiger partial charge in [0.25, 0.3) is 11.8 Å². The van der Waals surface area contributed by atoms with Crippen molar-refractivity contribution in [2.75, 3.05) is 39.5 Å². The maximum atomic E-state index is 15.3. The number of aromatic nitrogens is 2. The highest BCUT2D eigenvalue weighted by Crippen LogP contribution is 2.42. The molecule has 3 heterocycles. The van der Waals surface area contributed by atoms with Crippen LogP contribution in [0.5, 0.6) is 0 Å². The van der Waals surface area contributed by atoms with Crippen LogP contribution in [-0.2, 0) is 19.4 Å². The van der Waals surface area contributed by atoms with E-state index in [0.717, 1.165) is 6.26 Å². The summed E-state index contributed by atoms with van der Waals surface area (Å²) >= 11 is 0. The third-order valence-electron chi connectivity index (χ3n) is 9.24. The SMILES string of the molecule is COC(=O)C(c1ccc(S(C)(=O)=O)cc1)N1CCC(c2c(C(=O)N3CC(c4ccccc4)C(F)(F)C3)cnn2-c2ccc(F)cc2)CC1. The molecule has 9 nitrogen and oxygen atoms in total. The number of esters is 1. The molecule has 2 saturated heterocycles. The Hall–Kier alpha value is -4.49. The van der Waals surface area contributed by atoms with Crippen LogP contribution in [0.2, 0.25) is 0 Å². The maximum absolute atomic E-state index is 15.3. The first-order valence-corrected chi connectivity index (χ1v) is 17.4. The fourth-order valence-corrected chi connectivity index (χ4v) is 7.41. The maximum Gasteiger partial charge on any atom is 0.327 e.